The number of thiazole rings is 1. The zero-order valence-corrected chi connectivity index (χ0v) is 13.8. The van der Waals surface area contributed by atoms with Gasteiger partial charge >= 0.3 is 0 Å². The van der Waals surface area contributed by atoms with Crippen LogP contribution in [0.25, 0.3) is 10.2 Å². The Morgan fingerprint density at radius 2 is 2.24 bits per heavy atom. The largest absolute Gasteiger partial charge is 0.497 e. The molecule has 1 atom stereocenters. The van der Waals surface area contributed by atoms with Crippen LogP contribution in [0.15, 0.2) is 35.7 Å². The fourth-order valence-electron chi connectivity index (χ4n) is 2.31. The van der Waals surface area contributed by atoms with Crippen LogP contribution in [0.5, 0.6) is 5.75 Å². The highest BCUT2D eigenvalue weighted by Crippen LogP contribution is 2.33. The first kappa shape index (κ1) is 14.4. The second-order valence-corrected chi connectivity index (χ2v) is 6.86. The van der Waals surface area contributed by atoms with Crippen molar-refractivity contribution in [3.63, 3.8) is 0 Å². The van der Waals surface area contributed by atoms with E-state index in [1.165, 1.54) is 4.88 Å². The summed E-state index contributed by atoms with van der Waals surface area (Å²) in [4.78, 5) is 6.05. The van der Waals surface area contributed by atoms with E-state index in [1.54, 1.807) is 29.8 Å². The number of fused-ring (bicyclic) bond motifs is 1. The molecule has 110 valence electrons. The average Bonchev–Trinajstić information content (AvgIpc) is 3.15. The molecule has 0 bridgehead atoms. The number of anilines is 1. The van der Waals surface area contributed by atoms with Gasteiger partial charge in [-0.25, -0.2) is 4.98 Å². The summed E-state index contributed by atoms with van der Waals surface area (Å²) >= 11 is 3.48. The minimum absolute atomic E-state index is 0.345. The van der Waals surface area contributed by atoms with Crippen molar-refractivity contribution in [1.82, 2.24) is 4.98 Å². The molecular weight excluding hydrogens is 300 g/mol. The number of hydrogen-bond donors (Lipinski definition) is 1. The molecule has 3 aromatic rings. The Bertz CT molecular complexity index is 706. The van der Waals surface area contributed by atoms with Gasteiger partial charge in [0.25, 0.3) is 0 Å². The van der Waals surface area contributed by atoms with E-state index < -0.39 is 0 Å². The van der Waals surface area contributed by atoms with Gasteiger partial charge in [0, 0.05) is 4.88 Å². The first-order chi connectivity index (χ1) is 10.3. The van der Waals surface area contributed by atoms with Crippen molar-refractivity contribution < 1.29 is 4.74 Å². The van der Waals surface area contributed by atoms with Gasteiger partial charge in [0.15, 0.2) is 5.13 Å². The van der Waals surface area contributed by atoms with Crippen molar-refractivity contribution in [2.24, 2.45) is 0 Å². The maximum absolute atomic E-state index is 5.27. The molecule has 3 nitrogen and oxygen atoms in total. The van der Waals surface area contributed by atoms with Crippen LogP contribution in [0, 0.1) is 0 Å². The predicted octanol–water partition coefficient (Wildman–Crippen LogP) is 5.32. The number of ether oxygens (including phenoxy) is 1. The van der Waals surface area contributed by atoms with Crippen LogP contribution in [0.2, 0.25) is 0 Å². The molecule has 0 aliphatic heterocycles. The monoisotopic (exact) mass is 318 g/mol. The third-order valence-corrected chi connectivity index (χ3v) is 5.29. The van der Waals surface area contributed by atoms with Gasteiger partial charge in [-0.15, -0.1) is 11.3 Å². The number of benzene rings is 1. The van der Waals surface area contributed by atoms with E-state index >= 15 is 0 Å². The Kier molecular flexibility index (Phi) is 4.41. The molecule has 21 heavy (non-hydrogen) atoms. The van der Waals surface area contributed by atoms with Crippen molar-refractivity contribution in [3.8, 4) is 5.75 Å². The average molecular weight is 318 g/mol. The fourth-order valence-corrected chi connectivity index (χ4v) is 4.07. The summed E-state index contributed by atoms with van der Waals surface area (Å²) in [5.74, 6) is 0.876. The number of hydrogen-bond acceptors (Lipinski definition) is 5. The van der Waals surface area contributed by atoms with Crippen LogP contribution >= 0.6 is 22.7 Å². The SMILES string of the molecule is CCCC(Nc1nc2ccc(OC)cc2s1)c1cccs1. The lowest BCUT2D eigenvalue weighted by Crippen LogP contribution is -2.08. The third kappa shape index (κ3) is 3.19. The molecular formula is C16H18N2OS2. The Labute approximate surface area is 132 Å². The zero-order valence-electron chi connectivity index (χ0n) is 12.1. The Balaban J connectivity index is 1.85. The zero-order chi connectivity index (χ0) is 14.7. The van der Waals surface area contributed by atoms with Crippen LogP contribution in [0.3, 0.4) is 0 Å². The fraction of sp³-hybridized carbons (Fsp3) is 0.312. The molecule has 0 radical (unpaired) electrons. The Hall–Kier alpha value is -1.59. The van der Waals surface area contributed by atoms with E-state index in [0.29, 0.717) is 6.04 Å². The number of nitrogens with zero attached hydrogens (tertiary/aromatic N) is 1. The Morgan fingerprint density at radius 3 is 2.95 bits per heavy atom. The molecule has 0 fully saturated rings. The molecule has 0 aliphatic carbocycles. The van der Waals surface area contributed by atoms with E-state index in [2.05, 4.69) is 34.7 Å². The molecule has 2 aromatic heterocycles. The highest BCUT2D eigenvalue weighted by atomic mass is 32.1. The second kappa shape index (κ2) is 6.45. The first-order valence-corrected chi connectivity index (χ1v) is 8.74. The van der Waals surface area contributed by atoms with E-state index in [4.69, 9.17) is 4.74 Å². The second-order valence-electron chi connectivity index (χ2n) is 4.85. The smallest absolute Gasteiger partial charge is 0.184 e. The van der Waals surface area contributed by atoms with Crippen LogP contribution in [-0.2, 0) is 0 Å². The molecule has 5 heteroatoms. The molecule has 3 rings (SSSR count). The quantitative estimate of drug-likeness (QED) is 0.668. The molecule has 0 saturated heterocycles. The molecule has 0 saturated carbocycles. The van der Waals surface area contributed by atoms with E-state index in [-0.39, 0.29) is 0 Å². The van der Waals surface area contributed by atoms with Crippen LogP contribution in [-0.4, -0.2) is 12.1 Å². The van der Waals surface area contributed by atoms with Crippen LogP contribution in [0.4, 0.5) is 5.13 Å². The minimum Gasteiger partial charge on any atom is -0.497 e. The topological polar surface area (TPSA) is 34.2 Å². The van der Waals surface area contributed by atoms with Gasteiger partial charge < -0.3 is 10.1 Å². The maximum atomic E-state index is 5.27. The lowest BCUT2D eigenvalue weighted by molar-refractivity contribution is 0.415. The van der Waals surface area contributed by atoms with Crippen molar-refractivity contribution in [2.75, 3.05) is 12.4 Å². The number of methoxy groups -OCH3 is 1. The van der Waals surface area contributed by atoms with Gasteiger partial charge in [-0.05, 0) is 36.1 Å². The van der Waals surface area contributed by atoms with Crippen LogP contribution < -0.4 is 10.1 Å². The predicted molar refractivity (Wildman–Crippen MR) is 91.8 cm³/mol. The molecule has 0 spiro atoms. The third-order valence-electron chi connectivity index (χ3n) is 3.36. The van der Waals surface area contributed by atoms with Crippen molar-refractivity contribution in [1.29, 1.82) is 0 Å². The van der Waals surface area contributed by atoms with Crippen molar-refractivity contribution >= 4 is 38.0 Å². The van der Waals surface area contributed by atoms with E-state index in [0.717, 1.165) is 33.9 Å². The standard InChI is InChI=1S/C16H18N2OS2/c1-3-5-12(14-6-4-9-20-14)17-16-18-13-8-7-11(19-2)10-15(13)21-16/h4,6-10,12H,3,5H2,1-2H3,(H,17,18). The van der Waals surface area contributed by atoms with Gasteiger partial charge in [-0.1, -0.05) is 30.7 Å². The molecule has 0 amide bonds. The molecule has 0 aliphatic rings. The number of rotatable bonds is 6. The summed E-state index contributed by atoms with van der Waals surface area (Å²) in [6.07, 6.45) is 2.26. The summed E-state index contributed by atoms with van der Waals surface area (Å²) in [6, 6.07) is 10.6. The summed E-state index contributed by atoms with van der Waals surface area (Å²) in [5, 5.41) is 6.69. The van der Waals surface area contributed by atoms with Crippen LogP contribution in [0.1, 0.15) is 30.7 Å². The highest BCUT2D eigenvalue weighted by Gasteiger charge is 2.14. The minimum atomic E-state index is 0.345. The molecule has 1 unspecified atom stereocenters. The van der Waals surface area contributed by atoms with Gasteiger partial charge in [-0.2, -0.15) is 0 Å². The number of thiophene rings is 1. The van der Waals surface area contributed by atoms with Gasteiger partial charge in [0.2, 0.25) is 0 Å². The Morgan fingerprint density at radius 1 is 1.33 bits per heavy atom. The van der Waals surface area contributed by atoms with Gasteiger partial charge in [-0.3, -0.25) is 0 Å². The molecule has 1 N–H and O–H groups in total. The number of aromatic nitrogens is 1. The van der Waals surface area contributed by atoms with Gasteiger partial charge in [0.05, 0.1) is 23.4 Å². The highest BCUT2D eigenvalue weighted by molar-refractivity contribution is 7.22. The maximum Gasteiger partial charge on any atom is 0.184 e. The summed E-state index contributed by atoms with van der Waals surface area (Å²) < 4.78 is 6.42. The summed E-state index contributed by atoms with van der Waals surface area (Å²) in [6.45, 7) is 2.21. The molecule has 2 heterocycles. The lowest BCUT2D eigenvalue weighted by atomic mass is 10.1. The lowest BCUT2D eigenvalue weighted by Gasteiger charge is -2.15. The van der Waals surface area contributed by atoms with Gasteiger partial charge in [0.1, 0.15) is 5.75 Å². The summed E-state index contributed by atoms with van der Waals surface area (Å²) in [7, 11) is 1.69. The summed E-state index contributed by atoms with van der Waals surface area (Å²) in [5.41, 5.74) is 1.02. The van der Waals surface area contributed by atoms with E-state index in [1.807, 2.05) is 18.2 Å². The van der Waals surface area contributed by atoms with Crippen molar-refractivity contribution in [2.45, 2.75) is 25.8 Å². The molecule has 1 aromatic carbocycles. The number of nitrogens with one attached hydrogen (secondary N) is 1. The first-order valence-electron chi connectivity index (χ1n) is 7.04. The normalized spacial score (nSPS) is 12.5. The van der Waals surface area contributed by atoms with E-state index in [9.17, 15) is 0 Å². The van der Waals surface area contributed by atoms with Crippen molar-refractivity contribution in [3.05, 3.63) is 40.6 Å².